The first-order valence-electron chi connectivity index (χ1n) is 13.7. The van der Waals surface area contributed by atoms with Gasteiger partial charge in [-0.1, -0.05) is 140 Å². The first-order valence-corrected chi connectivity index (χ1v) is 16.5. The lowest BCUT2D eigenvalue weighted by Crippen LogP contribution is -2.41. The van der Waals surface area contributed by atoms with Gasteiger partial charge in [-0.3, -0.25) is 0 Å². The van der Waals surface area contributed by atoms with Gasteiger partial charge in [0, 0.05) is 17.9 Å². The summed E-state index contributed by atoms with van der Waals surface area (Å²) in [7, 11) is -1.48. The maximum Gasteiger partial charge on any atom is 0.322 e. The number of hydrogen-bond acceptors (Lipinski definition) is 1. The van der Waals surface area contributed by atoms with Gasteiger partial charge in [0.25, 0.3) is 0 Å². The molecule has 0 radical (unpaired) electrons. The Morgan fingerprint density at radius 2 is 0.925 bits per heavy atom. The number of para-hydroxylation sites is 1. The molecular weight excluding hydrogens is 526 g/mol. The molecule has 5 heteroatoms. The maximum atomic E-state index is 14.1. The first kappa shape index (κ1) is 26.5. The summed E-state index contributed by atoms with van der Waals surface area (Å²) in [5, 5.41) is 8.54. The molecular formula is C35H32N2OP2. The van der Waals surface area contributed by atoms with Crippen molar-refractivity contribution < 1.29 is 4.79 Å². The van der Waals surface area contributed by atoms with Crippen molar-refractivity contribution >= 4 is 48.8 Å². The Morgan fingerprint density at radius 3 is 1.35 bits per heavy atom. The number of carbonyl (C=O) groups is 1. The van der Waals surface area contributed by atoms with Gasteiger partial charge in [-0.2, -0.15) is 0 Å². The SMILES string of the molecule is O=C(Nc1ccccc1)N1C[C@H](P(c2ccccc2)c2ccccc2)C[C@@H]1P(c1ccccc1)c1ccccc1. The van der Waals surface area contributed by atoms with Crippen LogP contribution >= 0.6 is 15.8 Å². The van der Waals surface area contributed by atoms with Crippen molar-refractivity contribution in [1.82, 2.24) is 4.90 Å². The number of amides is 2. The predicted octanol–water partition coefficient (Wildman–Crippen LogP) is 6.88. The molecule has 1 fully saturated rings. The van der Waals surface area contributed by atoms with E-state index in [1.54, 1.807) is 0 Å². The molecule has 1 aliphatic heterocycles. The Labute approximate surface area is 239 Å². The molecule has 1 saturated heterocycles. The van der Waals surface area contributed by atoms with E-state index in [4.69, 9.17) is 0 Å². The second-order valence-corrected chi connectivity index (χ2v) is 14.8. The number of carbonyl (C=O) groups excluding carboxylic acids is 1. The monoisotopic (exact) mass is 558 g/mol. The summed E-state index contributed by atoms with van der Waals surface area (Å²) in [6, 6.07) is 53.1. The van der Waals surface area contributed by atoms with Crippen LogP contribution < -0.4 is 26.5 Å². The van der Waals surface area contributed by atoms with E-state index in [0.717, 1.165) is 18.7 Å². The van der Waals surface area contributed by atoms with E-state index in [0.29, 0.717) is 5.66 Å². The molecule has 0 bridgehead atoms. The Balaban J connectivity index is 1.43. The zero-order valence-corrected chi connectivity index (χ0v) is 24.0. The molecule has 40 heavy (non-hydrogen) atoms. The molecule has 1 heterocycles. The molecule has 2 atom stereocenters. The van der Waals surface area contributed by atoms with Crippen LogP contribution in [0.15, 0.2) is 152 Å². The zero-order valence-electron chi connectivity index (χ0n) is 22.3. The molecule has 5 aromatic carbocycles. The smallest absolute Gasteiger partial charge is 0.316 e. The van der Waals surface area contributed by atoms with Crippen LogP contribution in [0.1, 0.15) is 6.42 Å². The molecule has 3 nitrogen and oxygen atoms in total. The Bertz CT molecular complexity index is 1420. The van der Waals surface area contributed by atoms with E-state index >= 15 is 0 Å². The lowest BCUT2D eigenvalue weighted by molar-refractivity contribution is 0.219. The van der Waals surface area contributed by atoms with Gasteiger partial charge in [-0.25, -0.2) is 4.79 Å². The van der Waals surface area contributed by atoms with Gasteiger partial charge in [-0.15, -0.1) is 0 Å². The summed E-state index contributed by atoms with van der Waals surface area (Å²) in [6.07, 6.45) is 0.952. The van der Waals surface area contributed by atoms with Crippen LogP contribution in [0.25, 0.3) is 0 Å². The topological polar surface area (TPSA) is 32.3 Å². The van der Waals surface area contributed by atoms with E-state index in [2.05, 4.69) is 132 Å². The zero-order chi connectivity index (χ0) is 27.1. The summed E-state index contributed by atoms with van der Waals surface area (Å²) in [6.45, 7) is 0.720. The molecule has 0 saturated carbocycles. The van der Waals surface area contributed by atoms with Gasteiger partial charge in [-0.05, 0) is 55.6 Å². The minimum atomic E-state index is -0.812. The number of benzene rings is 5. The number of likely N-dealkylation sites (tertiary alicyclic amines) is 1. The molecule has 0 unspecified atom stereocenters. The predicted molar refractivity (Wildman–Crippen MR) is 173 cm³/mol. The van der Waals surface area contributed by atoms with Crippen molar-refractivity contribution in [2.45, 2.75) is 17.9 Å². The highest BCUT2D eigenvalue weighted by Crippen LogP contribution is 2.53. The summed E-state index contributed by atoms with van der Waals surface area (Å²) < 4.78 is 0. The van der Waals surface area contributed by atoms with Crippen LogP contribution in [-0.2, 0) is 0 Å². The van der Waals surface area contributed by atoms with Crippen molar-refractivity contribution in [3.63, 3.8) is 0 Å². The molecule has 0 spiro atoms. The van der Waals surface area contributed by atoms with Crippen LogP contribution in [-0.4, -0.2) is 28.9 Å². The Kier molecular flexibility index (Phi) is 8.33. The van der Waals surface area contributed by atoms with Crippen molar-refractivity contribution in [2.24, 2.45) is 0 Å². The van der Waals surface area contributed by atoms with Crippen LogP contribution in [0, 0.1) is 0 Å². The third kappa shape index (κ3) is 5.87. The van der Waals surface area contributed by atoms with Crippen LogP contribution in [0.3, 0.4) is 0 Å². The summed E-state index contributed by atoms with van der Waals surface area (Å²) in [5.74, 6) is 0.0749. The lowest BCUT2D eigenvalue weighted by atomic mass is 10.3. The van der Waals surface area contributed by atoms with E-state index in [1.807, 2.05) is 30.3 Å². The van der Waals surface area contributed by atoms with Crippen LogP contribution in [0.5, 0.6) is 0 Å². The van der Waals surface area contributed by atoms with Gasteiger partial charge < -0.3 is 10.2 Å². The molecule has 1 N–H and O–H groups in total. The quantitative estimate of drug-likeness (QED) is 0.217. The molecule has 5 aromatic rings. The van der Waals surface area contributed by atoms with Crippen molar-refractivity contribution in [1.29, 1.82) is 0 Å². The highest BCUT2D eigenvalue weighted by atomic mass is 31.1. The third-order valence-electron chi connectivity index (χ3n) is 7.34. The average Bonchev–Trinajstić information content (AvgIpc) is 3.44. The highest BCUT2D eigenvalue weighted by molar-refractivity contribution is 7.74. The first-order chi connectivity index (χ1) is 19.8. The molecule has 0 aromatic heterocycles. The van der Waals surface area contributed by atoms with Crippen molar-refractivity contribution in [2.75, 3.05) is 11.9 Å². The standard InChI is InChI=1S/C35H32N2OP2/c38-35(36-28-16-6-1-7-17-28)37-27-33(39(29-18-8-2-9-19-29)30-20-10-3-11-21-30)26-34(37)40(31-22-12-4-13-23-31)32-24-14-5-15-25-32/h1-25,33-34H,26-27H2,(H,36,38)/t33-,34+/m1/s1. The summed E-state index contributed by atoms with van der Waals surface area (Å²) in [5.41, 5.74) is 1.16. The second kappa shape index (κ2) is 12.6. The van der Waals surface area contributed by atoms with Crippen LogP contribution in [0.4, 0.5) is 10.5 Å². The molecule has 2 amide bonds. The number of urea groups is 1. The van der Waals surface area contributed by atoms with Crippen LogP contribution in [0.2, 0.25) is 0 Å². The van der Waals surface area contributed by atoms with Gasteiger partial charge in [0.05, 0.1) is 5.78 Å². The fourth-order valence-corrected chi connectivity index (χ4v) is 11.5. The third-order valence-corrected chi connectivity index (χ3v) is 12.9. The Hall–Kier alpha value is -3.77. The fraction of sp³-hybridized carbons (Fsp3) is 0.114. The normalized spacial score (nSPS) is 16.8. The van der Waals surface area contributed by atoms with Gasteiger partial charge in [0.2, 0.25) is 0 Å². The van der Waals surface area contributed by atoms with E-state index in [-0.39, 0.29) is 11.8 Å². The number of nitrogens with zero attached hydrogens (tertiary/aromatic N) is 1. The summed E-state index contributed by atoms with van der Waals surface area (Å²) in [4.78, 5) is 16.2. The lowest BCUT2D eigenvalue weighted by Gasteiger charge is -2.32. The minimum absolute atomic E-state index is 0.0193. The number of hydrogen-bond donors (Lipinski definition) is 1. The molecule has 1 aliphatic rings. The Morgan fingerprint density at radius 1 is 0.550 bits per heavy atom. The molecule has 6 rings (SSSR count). The van der Waals surface area contributed by atoms with Crippen molar-refractivity contribution in [3.05, 3.63) is 152 Å². The van der Waals surface area contributed by atoms with E-state index in [1.165, 1.54) is 21.2 Å². The number of rotatable bonds is 7. The fourth-order valence-electron chi connectivity index (χ4n) is 5.58. The maximum absolute atomic E-state index is 14.1. The number of anilines is 1. The van der Waals surface area contributed by atoms with E-state index in [9.17, 15) is 4.79 Å². The van der Waals surface area contributed by atoms with Crippen molar-refractivity contribution in [3.8, 4) is 0 Å². The highest BCUT2D eigenvalue weighted by Gasteiger charge is 2.44. The molecule has 0 aliphatic carbocycles. The van der Waals surface area contributed by atoms with Gasteiger partial charge >= 0.3 is 6.03 Å². The number of nitrogens with one attached hydrogen (secondary N) is 1. The van der Waals surface area contributed by atoms with Gasteiger partial charge in [0.15, 0.2) is 0 Å². The average molecular weight is 559 g/mol. The minimum Gasteiger partial charge on any atom is -0.316 e. The van der Waals surface area contributed by atoms with E-state index < -0.39 is 15.8 Å². The van der Waals surface area contributed by atoms with Gasteiger partial charge in [0.1, 0.15) is 0 Å². The summed E-state index contributed by atoms with van der Waals surface area (Å²) >= 11 is 0. The second-order valence-electron chi connectivity index (χ2n) is 9.90. The molecule has 198 valence electrons. The largest absolute Gasteiger partial charge is 0.322 e.